The molecule has 18 heavy (non-hydrogen) atoms. The van der Waals surface area contributed by atoms with Gasteiger partial charge in [0.2, 0.25) is 0 Å². The van der Waals surface area contributed by atoms with Crippen molar-refractivity contribution in [2.75, 3.05) is 18.5 Å². The van der Waals surface area contributed by atoms with Gasteiger partial charge in [-0.1, -0.05) is 24.6 Å². The fourth-order valence-electron chi connectivity index (χ4n) is 3.00. The molecule has 1 aromatic carbocycles. The summed E-state index contributed by atoms with van der Waals surface area (Å²) in [5, 5.41) is 3.29. The highest BCUT2D eigenvalue weighted by Crippen LogP contribution is 2.31. The Morgan fingerprint density at radius 3 is 2.83 bits per heavy atom. The van der Waals surface area contributed by atoms with E-state index >= 15 is 0 Å². The fraction of sp³-hybridized carbons (Fsp3) is 0.625. The van der Waals surface area contributed by atoms with Gasteiger partial charge in [-0.25, -0.2) is 0 Å². The van der Waals surface area contributed by atoms with Gasteiger partial charge in [0.05, 0.1) is 0 Å². The molecular formula is C16H26N2. The van der Waals surface area contributed by atoms with Crippen LogP contribution in [0.2, 0.25) is 0 Å². The first-order valence-corrected chi connectivity index (χ1v) is 7.14. The van der Waals surface area contributed by atoms with E-state index in [1.807, 2.05) is 7.05 Å². The number of hydrogen-bond donors (Lipinski definition) is 1. The highest BCUT2D eigenvalue weighted by atomic mass is 15.2. The average molecular weight is 246 g/mol. The van der Waals surface area contributed by atoms with E-state index in [1.165, 1.54) is 36.2 Å². The normalized spacial score (nSPS) is 24.3. The molecule has 1 heterocycles. The van der Waals surface area contributed by atoms with Gasteiger partial charge in [0.1, 0.15) is 0 Å². The fourth-order valence-corrected chi connectivity index (χ4v) is 3.00. The number of rotatable bonds is 3. The topological polar surface area (TPSA) is 15.3 Å². The molecule has 0 spiro atoms. The molecule has 1 aliphatic rings. The number of aryl methyl sites for hydroxylation is 1. The largest absolute Gasteiger partial charge is 0.368 e. The maximum Gasteiger partial charge on any atom is 0.0414 e. The zero-order valence-electron chi connectivity index (χ0n) is 12.2. The van der Waals surface area contributed by atoms with E-state index in [1.54, 1.807) is 0 Å². The van der Waals surface area contributed by atoms with Gasteiger partial charge in [-0.15, -0.1) is 0 Å². The quantitative estimate of drug-likeness (QED) is 0.880. The van der Waals surface area contributed by atoms with E-state index in [2.05, 4.69) is 49.2 Å². The molecule has 2 rings (SSSR count). The molecule has 1 saturated heterocycles. The predicted octanol–water partition coefficient (Wildman–Crippen LogP) is 3.34. The molecule has 1 aliphatic heterocycles. The molecule has 2 heteroatoms. The second kappa shape index (κ2) is 5.75. The minimum Gasteiger partial charge on any atom is -0.368 e. The highest BCUT2D eigenvalue weighted by Gasteiger charge is 2.25. The SMILES string of the molecule is CNCc1cc(C)ccc1N1CCCC(C)C1C. The van der Waals surface area contributed by atoms with Gasteiger partial charge >= 0.3 is 0 Å². The van der Waals surface area contributed by atoms with Crippen LogP contribution in [0.25, 0.3) is 0 Å². The number of nitrogens with zero attached hydrogens (tertiary/aromatic N) is 1. The Morgan fingerprint density at radius 1 is 1.33 bits per heavy atom. The summed E-state index contributed by atoms with van der Waals surface area (Å²) < 4.78 is 0. The van der Waals surface area contributed by atoms with Crippen LogP contribution in [0.3, 0.4) is 0 Å². The van der Waals surface area contributed by atoms with Crippen molar-refractivity contribution in [2.45, 2.75) is 46.2 Å². The van der Waals surface area contributed by atoms with E-state index in [-0.39, 0.29) is 0 Å². The van der Waals surface area contributed by atoms with Gasteiger partial charge in [-0.3, -0.25) is 0 Å². The Morgan fingerprint density at radius 2 is 2.11 bits per heavy atom. The minimum absolute atomic E-state index is 0.650. The van der Waals surface area contributed by atoms with E-state index < -0.39 is 0 Å². The Bertz CT molecular complexity index is 400. The molecule has 0 bridgehead atoms. The smallest absolute Gasteiger partial charge is 0.0414 e. The van der Waals surface area contributed by atoms with Gasteiger partial charge in [0, 0.05) is 24.8 Å². The van der Waals surface area contributed by atoms with E-state index in [0.717, 1.165) is 12.5 Å². The number of piperidine rings is 1. The van der Waals surface area contributed by atoms with Crippen molar-refractivity contribution in [3.05, 3.63) is 29.3 Å². The molecular weight excluding hydrogens is 220 g/mol. The van der Waals surface area contributed by atoms with Gasteiger partial charge in [0.15, 0.2) is 0 Å². The minimum atomic E-state index is 0.650. The van der Waals surface area contributed by atoms with Gasteiger partial charge < -0.3 is 10.2 Å². The lowest BCUT2D eigenvalue weighted by molar-refractivity contribution is 0.363. The van der Waals surface area contributed by atoms with Crippen LogP contribution in [0, 0.1) is 12.8 Å². The van der Waals surface area contributed by atoms with Gasteiger partial charge in [-0.2, -0.15) is 0 Å². The first-order chi connectivity index (χ1) is 8.63. The van der Waals surface area contributed by atoms with Crippen molar-refractivity contribution in [2.24, 2.45) is 5.92 Å². The Balaban J connectivity index is 2.31. The van der Waals surface area contributed by atoms with Crippen LogP contribution in [-0.2, 0) is 6.54 Å². The van der Waals surface area contributed by atoms with Crippen molar-refractivity contribution in [1.82, 2.24) is 5.32 Å². The summed E-state index contributed by atoms with van der Waals surface area (Å²) in [5.41, 5.74) is 4.20. The zero-order chi connectivity index (χ0) is 13.1. The molecule has 0 aliphatic carbocycles. The summed E-state index contributed by atoms with van der Waals surface area (Å²) >= 11 is 0. The number of nitrogens with one attached hydrogen (secondary N) is 1. The van der Waals surface area contributed by atoms with Crippen molar-refractivity contribution in [3.8, 4) is 0 Å². The zero-order valence-corrected chi connectivity index (χ0v) is 12.2. The molecule has 1 N–H and O–H groups in total. The molecule has 0 radical (unpaired) electrons. The Labute approximate surface area is 111 Å². The molecule has 0 aromatic heterocycles. The van der Waals surface area contributed by atoms with E-state index in [4.69, 9.17) is 0 Å². The van der Waals surface area contributed by atoms with Crippen LogP contribution in [0.5, 0.6) is 0 Å². The monoisotopic (exact) mass is 246 g/mol. The first-order valence-electron chi connectivity index (χ1n) is 7.14. The number of hydrogen-bond acceptors (Lipinski definition) is 2. The summed E-state index contributed by atoms with van der Waals surface area (Å²) in [5.74, 6) is 0.794. The summed E-state index contributed by atoms with van der Waals surface area (Å²) in [6, 6.07) is 7.51. The standard InChI is InChI=1S/C16H26N2/c1-12-7-8-16(15(10-12)11-17-4)18-9-5-6-13(2)14(18)3/h7-8,10,13-14,17H,5-6,9,11H2,1-4H3. The first kappa shape index (κ1) is 13.4. The summed E-state index contributed by atoms with van der Waals surface area (Å²) in [6.45, 7) is 9.07. The number of benzene rings is 1. The van der Waals surface area contributed by atoms with Crippen molar-refractivity contribution >= 4 is 5.69 Å². The third-order valence-corrected chi connectivity index (χ3v) is 4.29. The average Bonchev–Trinajstić information content (AvgIpc) is 2.34. The molecule has 1 aromatic rings. The van der Waals surface area contributed by atoms with Crippen LogP contribution in [0.1, 0.15) is 37.8 Å². The highest BCUT2D eigenvalue weighted by molar-refractivity contribution is 5.56. The summed E-state index contributed by atoms with van der Waals surface area (Å²) in [4.78, 5) is 2.60. The van der Waals surface area contributed by atoms with Crippen LogP contribution in [-0.4, -0.2) is 19.6 Å². The van der Waals surface area contributed by atoms with Gasteiger partial charge in [-0.05, 0) is 51.3 Å². The van der Waals surface area contributed by atoms with Crippen LogP contribution in [0.4, 0.5) is 5.69 Å². The molecule has 2 unspecified atom stereocenters. The van der Waals surface area contributed by atoms with Crippen molar-refractivity contribution in [1.29, 1.82) is 0 Å². The third-order valence-electron chi connectivity index (χ3n) is 4.29. The third kappa shape index (κ3) is 2.69. The lowest BCUT2D eigenvalue weighted by Crippen LogP contribution is -2.43. The molecule has 2 atom stereocenters. The number of anilines is 1. The van der Waals surface area contributed by atoms with Crippen LogP contribution < -0.4 is 10.2 Å². The van der Waals surface area contributed by atoms with Gasteiger partial charge in [0.25, 0.3) is 0 Å². The molecule has 0 saturated carbocycles. The summed E-state index contributed by atoms with van der Waals surface area (Å²) in [6.07, 6.45) is 2.68. The maximum absolute atomic E-state index is 3.29. The molecule has 1 fully saturated rings. The second-order valence-corrected chi connectivity index (χ2v) is 5.72. The molecule has 100 valence electrons. The predicted molar refractivity (Wildman–Crippen MR) is 79.1 cm³/mol. The van der Waals surface area contributed by atoms with E-state index in [9.17, 15) is 0 Å². The Hall–Kier alpha value is -1.02. The maximum atomic E-state index is 3.29. The van der Waals surface area contributed by atoms with Crippen molar-refractivity contribution < 1.29 is 0 Å². The Kier molecular flexibility index (Phi) is 4.28. The lowest BCUT2D eigenvalue weighted by Gasteiger charge is -2.40. The van der Waals surface area contributed by atoms with Crippen molar-refractivity contribution in [3.63, 3.8) is 0 Å². The molecule has 0 amide bonds. The van der Waals surface area contributed by atoms with Crippen LogP contribution in [0.15, 0.2) is 18.2 Å². The van der Waals surface area contributed by atoms with Crippen LogP contribution >= 0.6 is 0 Å². The summed E-state index contributed by atoms with van der Waals surface area (Å²) in [7, 11) is 2.02. The lowest BCUT2D eigenvalue weighted by atomic mass is 9.91. The van der Waals surface area contributed by atoms with E-state index in [0.29, 0.717) is 6.04 Å². The second-order valence-electron chi connectivity index (χ2n) is 5.72. The molecule has 2 nitrogen and oxygen atoms in total.